The van der Waals surface area contributed by atoms with Gasteiger partial charge in [-0.2, -0.15) is 0 Å². The summed E-state index contributed by atoms with van der Waals surface area (Å²) in [5, 5.41) is 11.6. The van der Waals surface area contributed by atoms with Crippen molar-refractivity contribution in [2.45, 2.75) is 25.7 Å². The molecule has 3 aromatic rings. The van der Waals surface area contributed by atoms with Crippen molar-refractivity contribution in [1.29, 1.82) is 0 Å². The molecule has 7 nitrogen and oxygen atoms in total. The Labute approximate surface area is 174 Å². The van der Waals surface area contributed by atoms with Crippen LogP contribution in [-0.4, -0.2) is 24.6 Å². The number of rotatable bonds is 9. The number of hydrogen-bond acceptors (Lipinski definition) is 6. The fraction of sp³-hybridized carbons (Fsp3) is 0.261. The average Bonchev–Trinajstić information content (AvgIpc) is 3.15. The van der Waals surface area contributed by atoms with Crippen molar-refractivity contribution < 1.29 is 23.6 Å². The van der Waals surface area contributed by atoms with Crippen LogP contribution in [0.25, 0.3) is 17.0 Å². The molecule has 0 spiro atoms. The molecule has 0 aliphatic carbocycles. The van der Waals surface area contributed by atoms with Crippen LogP contribution in [0.15, 0.2) is 59.0 Å². The third kappa shape index (κ3) is 5.33. The number of nitro groups is 1. The maximum Gasteiger partial charge on any atom is 0.336 e. The van der Waals surface area contributed by atoms with Crippen LogP contribution in [0.3, 0.4) is 0 Å². The van der Waals surface area contributed by atoms with Crippen LogP contribution >= 0.6 is 0 Å². The van der Waals surface area contributed by atoms with Gasteiger partial charge < -0.3 is 13.9 Å². The largest absolute Gasteiger partial charge is 0.457 e. The Morgan fingerprint density at radius 1 is 1.20 bits per heavy atom. The van der Waals surface area contributed by atoms with Gasteiger partial charge >= 0.3 is 5.97 Å². The molecular formula is C23H23NO6. The minimum atomic E-state index is -0.601. The monoisotopic (exact) mass is 409 g/mol. The molecule has 0 fully saturated rings. The molecule has 0 radical (unpaired) electrons. The summed E-state index contributed by atoms with van der Waals surface area (Å²) in [5.74, 6) is 0.560. The molecule has 3 rings (SSSR count). The van der Waals surface area contributed by atoms with Crippen molar-refractivity contribution in [2.24, 2.45) is 0 Å². The van der Waals surface area contributed by atoms with E-state index in [1.165, 1.54) is 42.0 Å². The Morgan fingerprint density at radius 2 is 1.97 bits per heavy atom. The highest BCUT2D eigenvalue weighted by molar-refractivity contribution is 5.89. The Morgan fingerprint density at radius 3 is 2.63 bits per heavy atom. The smallest absolute Gasteiger partial charge is 0.336 e. The van der Waals surface area contributed by atoms with Crippen molar-refractivity contribution >= 4 is 28.7 Å². The lowest BCUT2D eigenvalue weighted by molar-refractivity contribution is -0.384. The number of methoxy groups -OCH3 is 1. The number of carbonyl (C=O) groups excluding carboxylic acids is 1. The first-order chi connectivity index (χ1) is 14.5. The fourth-order valence-electron chi connectivity index (χ4n) is 3.21. The zero-order valence-electron chi connectivity index (χ0n) is 16.9. The number of ether oxygens (including phenoxy) is 2. The molecule has 156 valence electrons. The van der Waals surface area contributed by atoms with Crippen molar-refractivity contribution in [3.63, 3.8) is 0 Å². The molecule has 0 saturated heterocycles. The van der Waals surface area contributed by atoms with Gasteiger partial charge in [-0.25, -0.2) is 4.79 Å². The molecule has 1 heterocycles. The van der Waals surface area contributed by atoms with Crippen LogP contribution in [0, 0.1) is 10.1 Å². The average molecular weight is 409 g/mol. The molecule has 1 unspecified atom stereocenters. The van der Waals surface area contributed by atoms with E-state index in [4.69, 9.17) is 13.9 Å². The van der Waals surface area contributed by atoms with Gasteiger partial charge in [0.05, 0.1) is 4.92 Å². The van der Waals surface area contributed by atoms with Gasteiger partial charge in [0.2, 0.25) is 0 Å². The number of non-ortho nitro benzene ring substituents is 1. The maximum atomic E-state index is 12.0. The van der Waals surface area contributed by atoms with Gasteiger partial charge in [0.25, 0.3) is 5.69 Å². The predicted octanol–water partition coefficient (Wildman–Crippen LogP) is 5.49. The van der Waals surface area contributed by atoms with Crippen LogP contribution in [0.5, 0.6) is 5.75 Å². The molecule has 1 aromatic heterocycles. The zero-order chi connectivity index (χ0) is 21.5. The number of fused-ring (bicyclic) bond motifs is 1. The Hall–Kier alpha value is -3.45. The number of carbonyl (C=O) groups is 1. The normalized spacial score (nSPS) is 12.3. The maximum absolute atomic E-state index is 12.0. The Kier molecular flexibility index (Phi) is 6.98. The van der Waals surface area contributed by atoms with Crippen LogP contribution in [0.2, 0.25) is 0 Å². The van der Waals surface area contributed by atoms with Gasteiger partial charge in [0.15, 0.2) is 0 Å². The van der Waals surface area contributed by atoms with Crippen molar-refractivity contribution in [2.75, 3.05) is 13.7 Å². The zero-order valence-corrected chi connectivity index (χ0v) is 16.9. The summed E-state index contributed by atoms with van der Waals surface area (Å²) in [6, 6.07) is 13.3. The van der Waals surface area contributed by atoms with Crippen LogP contribution < -0.4 is 4.74 Å². The molecule has 7 heteroatoms. The molecule has 0 bridgehead atoms. The topological polar surface area (TPSA) is 91.8 Å². The predicted molar refractivity (Wildman–Crippen MR) is 114 cm³/mol. The molecule has 0 aliphatic rings. The molecule has 0 N–H and O–H groups in total. The summed E-state index contributed by atoms with van der Waals surface area (Å²) in [6.07, 6.45) is 4.75. The van der Waals surface area contributed by atoms with E-state index in [0.717, 1.165) is 23.8 Å². The first-order valence-corrected chi connectivity index (χ1v) is 9.67. The third-order valence-corrected chi connectivity index (χ3v) is 4.85. The second-order valence-corrected chi connectivity index (χ2v) is 6.84. The second-order valence-electron chi connectivity index (χ2n) is 6.84. The van der Waals surface area contributed by atoms with Gasteiger partial charge in [-0.3, -0.25) is 10.1 Å². The highest BCUT2D eigenvalue weighted by atomic mass is 16.6. The van der Waals surface area contributed by atoms with Gasteiger partial charge in [-0.15, -0.1) is 0 Å². The summed E-state index contributed by atoms with van der Waals surface area (Å²) in [4.78, 5) is 22.2. The van der Waals surface area contributed by atoms with E-state index in [1.807, 2.05) is 18.2 Å². The fourth-order valence-corrected chi connectivity index (χ4v) is 3.21. The molecule has 0 aliphatic heterocycles. The highest BCUT2D eigenvalue weighted by Gasteiger charge is 2.12. The number of nitro benzene ring substituents is 1. The summed E-state index contributed by atoms with van der Waals surface area (Å²) < 4.78 is 16.2. The van der Waals surface area contributed by atoms with Crippen LogP contribution in [0.1, 0.15) is 37.0 Å². The van der Waals surface area contributed by atoms with Crippen LogP contribution in [-0.2, 0) is 9.53 Å². The minimum Gasteiger partial charge on any atom is -0.457 e. The number of furan rings is 1. The number of esters is 1. The van der Waals surface area contributed by atoms with Gasteiger partial charge in [-0.1, -0.05) is 19.1 Å². The quantitative estimate of drug-likeness (QED) is 0.153. The number of hydrogen-bond donors (Lipinski definition) is 0. The van der Waals surface area contributed by atoms with E-state index in [2.05, 4.69) is 13.0 Å². The van der Waals surface area contributed by atoms with Crippen LogP contribution in [0.4, 0.5) is 5.69 Å². The number of benzene rings is 2. The molecule has 1 atom stereocenters. The lowest BCUT2D eigenvalue weighted by Gasteiger charge is -2.14. The van der Waals surface area contributed by atoms with Gasteiger partial charge in [0.1, 0.15) is 17.1 Å². The Bertz CT molecular complexity index is 1050. The molecule has 0 saturated carbocycles. The standard InChI is InChI=1S/C23H23NO6/c1-3-16(12-13-28-2)17-4-5-18-14-21(29-22(18)15-17)10-11-23(25)30-20-8-6-19(7-9-20)24(26)27/h4-11,14-16H,3,12-13H2,1-2H3/b11-10+. The van der Waals surface area contributed by atoms with E-state index in [0.29, 0.717) is 18.3 Å². The lowest BCUT2D eigenvalue weighted by atomic mass is 9.93. The van der Waals surface area contributed by atoms with E-state index in [-0.39, 0.29) is 11.4 Å². The summed E-state index contributed by atoms with van der Waals surface area (Å²) in [6.45, 7) is 2.86. The van der Waals surface area contributed by atoms with Crippen molar-refractivity contribution in [3.8, 4) is 5.75 Å². The van der Waals surface area contributed by atoms with Crippen molar-refractivity contribution in [1.82, 2.24) is 0 Å². The van der Waals surface area contributed by atoms with E-state index in [1.54, 1.807) is 7.11 Å². The second kappa shape index (κ2) is 9.84. The summed E-state index contributed by atoms with van der Waals surface area (Å²) >= 11 is 0. The summed E-state index contributed by atoms with van der Waals surface area (Å²) in [5.41, 5.74) is 1.88. The van der Waals surface area contributed by atoms with E-state index in [9.17, 15) is 14.9 Å². The lowest BCUT2D eigenvalue weighted by Crippen LogP contribution is -2.03. The number of nitrogens with zero attached hydrogens (tertiary/aromatic N) is 1. The molecular weight excluding hydrogens is 386 g/mol. The Balaban J connectivity index is 1.68. The third-order valence-electron chi connectivity index (χ3n) is 4.85. The SMILES string of the molecule is CCC(CCOC)c1ccc2cc(/C=C/C(=O)Oc3ccc([N+](=O)[O-])cc3)oc2c1. The van der Waals surface area contributed by atoms with E-state index < -0.39 is 10.9 Å². The summed E-state index contributed by atoms with van der Waals surface area (Å²) in [7, 11) is 1.70. The molecule has 30 heavy (non-hydrogen) atoms. The minimum absolute atomic E-state index is 0.0699. The highest BCUT2D eigenvalue weighted by Crippen LogP contribution is 2.29. The van der Waals surface area contributed by atoms with E-state index >= 15 is 0 Å². The molecule has 0 amide bonds. The van der Waals surface area contributed by atoms with Gasteiger partial charge in [-0.05, 0) is 54.7 Å². The molecule has 2 aromatic carbocycles. The first kappa shape index (κ1) is 21.3. The van der Waals surface area contributed by atoms with Gasteiger partial charge in [0, 0.05) is 37.3 Å². The van der Waals surface area contributed by atoms with Crippen molar-refractivity contribution in [3.05, 3.63) is 76.0 Å². The first-order valence-electron chi connectivity index (χ1n) is 9.67.